The Morgan fingerprint density at radius 3 is 2.89 bits per heavy atom. The minimum Gasteiger partial charge on any atom is -0.383 e. The fraction of sp³-hybridized carbons (Fsp3) is 0.667. The van der Waals surface area contributed by atoms with E-state index in [1.54, 1.807) is 29.1 Å². The number of anilines is 1. The van der Waals surface area contributed by atoms with Crippen molar-refractivity contribution >= 4 is 11.7 Å². The van der Waals surface area contributed by atoms with E-state index in [0.717, 1.165) is 0 Å². The summed E-state index contributed by atoms with van der Waals surface area (Å²) >= 11 is 0. The van der Waals surface area contributed by atoms with Crippen LogP contribution in [-0.4, -0.2) is 47.0 Å². The van der Waals surface area contributed by atoms with Gasteiger partial charge in [0, 0.05) is 25.9 Å². The first-order chi connectivity index (χ1) is 8.58. The number of carbonyl (C=O) groups excluding carboxylic acids is 1. The molecular formula is C12H22N4O2. The first-order valence-electron chi connectivity index (χ1n) is 6.17. The molecule has 0 saturated carbocycles. The second kappa shape index (κ2) is 7.00. The van der Waals surface area contributed by atoms with Crippen LogP contribution >= 0.6 is 0 Å². The number of methoxy groups -OCH3 is 1. The maximum absolute atomic E-state index is 12.0. The van der Waals surface area contributed by atoms with E-state index in [2.05, 4.69) is 10.4 Å². The Labute approximate surface area is 108 Å². The molecule has 6 nitrogen and oxygen atoms in total. The highest BCUT2D eigenvalue weighted by Crippen LogP contribution is 2.08. The van der Waals surface area contributed by atoms with E-state index in [4.69, 9.17) is 4.74 Å². The van der Waals surface area contributed by atoms with Crippen LogP contribution in [0.5, 0.6) is 0 Å². The number of hydrogen-bond donors (Lipinski definition) is 1. The summed E-state index contributed by atoms with van der Waals surface area (Å²) in [6.45, 7) is 7.90. The molecule has 0 aliphatic carbocycles. The van der Waals surface area contributed by atoms with Crippen LogP contribution in [-0.2, 0) is 11.3 Å². The minimum atomic E-state index is -0.0983. The lowest BCUT2D eigenvalue weighted by Gasteiger charge is -2.24. The van der Waals surface area contributed by atoms with Crippen molar-refractivity contribution in [3.05, 3.63) is 12.4 Å². The molecule has 6 heteroatoms. The number of aromatic nitrogens is 2. The predicted octanol–water partition coefficient (Wildman–Crippen LogP) is 1.79. The van der Waals surface area contributed by atoms with Crippen molar-refractivity contribution in [2.75, 3.05) is 25.6 Å². The Morgan fingerprint density at radius 1 is 1.61 bits per heavy atom. The molecule has 0 aliphatic rings. The zero-order valence-electron chi connectivity index (χ0n) is 11.5. The van der Waals surface area contributed by atoms with Gasteiger partial charge < -0.3 is 15.0 Å². The van der Waals surface area contributed by atoms with Gasteiger partial charge in [0.05, 0.1) is 25.0 Å². The summed E-state index contributed by atoms with van der Waals surface area (Å²) < 4.78 is 6.71. The number of urea groups is 1. The zero-order chi connectivity index (χ0) is 13.5. The quantitative estimate of drug-likeness (QED) is 0.842. The van der Waals surface area contributed by atoms with Crippen LogP contribution in [0.3, 0.4) is 0 Å². The Kier molecular flexibility index (Phi) is 5.64. The number of carbonyl (C=O) groups is 1. The lowest BCUT2D eigenvalue weighted by molar-refractivity contribution is 0.183. The highest BCUT2D eigenvalue weighted by Gasteiger charge is 2.15. The van der Waals surface area contributed by atoms with Gasteiger partial charge in [-0.3, -0.25) is 4.68 Å². The average Bonchev–Trinajstić information content (AvgIpc) is 2.74. The Hall–Kier alpha value is -1.56. The molecule has 1 aromatic heterocycles. The largest absolute Gasteiger partial charge is 0.383 e. The van der Waals surface area contributed by atoms with Gasteiger partial charge in [-0.15, -0.1) is 0 Å². The van der Waals surface area contributed by atoms with Gasteiger partial charge in [0.25, 0.3) is 0 Å². The maximum atomic E-state index is 12.0. The van der Waals surface area contributed by atoms with Gasteiger partial charge >= 0.3 is 6.03 Å². The number of ether oxygens (including phenoxy) is 1. The average molecular weight is 254 g/mol. The minimum absolute atomic E-state index is 0.0983. The Morgan fingerprint density at radius 2 is 2.33 bits per heavy atom. The van der Waals surface area contributed by atoms with Crippen molar-refractivity contribution in [1.29, 1.82) is 0 Å². The molecule has 0 fully saturated rings. The van der Waals surface area contributed by atoms with Crippen molar-refractivity contribution in [3.63, 3.8) is 0 Å². The second-order valence-corrected chi connectivity index (χ2v) is 4.29. The lowest BCUT2D eigenvalue weighted by Crippen LogP contribution is -2.39. The van der Waals surface area contributed by atoms with Crippen molar-refractivity contribution in [1.82, 2.24) is 14.7 Å². The highest BCUT2D eigenvalue weighted by molar-refractivity contribution is 5.89. The fourth-order valence-corrected chi connectivity index (χ4v) is 1.67. The number of rotatable bonds is 6. The van der Waals surface area contributed by atoms with Crippen LogP contribution < -0.4 is 5.32 Å². The predicted molar refractivity (Wildman–Crippen MR) is 70.6 cm³/mol. The van der Waals surface area contributed by atoms with Gasteiger partial charge in [-0.1, -0.05) is 0 Å². The van der Waals surface area contributed by atoms with E-state index in [0.29, 0.717) is 25.4 Å². The SMILES string of the molecule is CCN(C(=O)Nc1cnn(CCOC)c1)C(C)C. The fourth-order valence-electron chi connectivity index (χ4n) is 1.67. The molecule has 0 radical (unpaired) electrons. The number of nitrogens with one attached hydrogen (secondary N) is 1. The molecule has 1 rings (SSSR count). The first kappa shape index (κ1) is 14.5. The molecule has 2 amide bonds. The van der Waals surface area contributed by atoms with Crippen LogP contribution in [0.2, 0.25) is 0 Å². The Balaban J connectivity index is 2.56. The normalized spacial score (nSPS) is 10.7. The number of nitrogens with zero attached hydrogens (tertiary/aromatic N) is 3. The highest BCUT2D eigenvalue weighted by atomic mass is 16.5. The summed E-state index contributed by atoms with van der Waals surface area (Å²) in [7, 11) is 1.65. The van der Waals surface area contributed by atoms with E-state index < -0.39 is 0 Å². The van der Waals surface area contributed by atoms with Gasteiger partial charge in [-0.25, -0.2) is 4.79 Å². The van der Waals surface area contributed by atoms with Crippen LogP contribution in [0, 0.1) is 0 Å². The third-order valence-corrected chi connectivity index (χ3v) is 2.63. The molecule has 0 saturated heterocycles. The molecule has 18 heavy (non-hydrogen) atoms. The molecular weight excluding hydrogens is 232 g/mol. The van der Waals surface area contributed by atoms with Gasteiger partial charge in [0.2, 0.25) is 0 Å². The van der Waals surface area contributed by atoms with Crippen molar-refractivity contribution in [2.45, 2.75) is 33.4 Å². The van der Waals surface area contributed by atoms with Crippen LogP contribution in [0.1, 0.15) is 20.8 Å². The second-order valence-electron chi connectivity index (χ2n) is 4.29. The van der Waals surface area contributed by atoms with E-state index in [1.807, 2.05) is 20.8 Å². The number of hydrogen-bond acceptors (Lipinski definition) is 3. The van der Waals surface area contributed by atoms with Crippen molar-refractivity contribution < 1.29 is 9.53 Å². The molecule has 0 unspecified atom stereocenters. The summed E-state index contributed by atoms with van der Waals surface area (Å²) in [6.07, 6.45) is 3.44. The zero-order valence-corrected chi connectivity index (χ0v) is 11.5. The summed E-state index contributed by atoms with van der Waals surface area (Å²) in [5.41, 5.74) is 0.704. The molecule has 0 bridgehead atoms. The summed E-state index contributed by atoms with van der Waals surface area (Å²) in [6, 6.07) is 0.0809. The van der Waals surface area contributed by atoms with Crippen molar-refractivity contribution in [3.8, 4) is 0 Å². The van der Waals surface area contributed by atoms with E-state index in [9.17, 15) is 4.79 Å². The van der Waals surface area contributed by atoms with Gasteiger partial charge in [0.15, 0.2) is 0 Å². The molecule has 1 N–H and O–H groups in total. The maximum Gasteiger partial charge on any atom is 0.322 e. The van der Waals surface area contributed by atoms with E-state index in [1.165, 1.54) is 0 Å². The third-order valence-electron chi connectivity index (χ3n) is 2.63. The number of amides is 2. The van der Waals surface area contributed by atoms with Crippen LogP contribution in [0.15, 0.2) is 12.4 Å². The topological polar surface area (TPSA) is 59.4 Å². The Bertz CT molecular complexity index is 376. The van der Waals surface area contributed by atoms with Gasteiger partial charge in [-0.05, 0) is 20.8 Å². The monoisotopic (exact) mass is 254 g/mol. The molecule has 0 spiro atoms. The van der Waals surface area contributed by atoms with Crippen molar-refractivity contribution in [2.24, 2.45) is 0 Å². The van der Waals surface area contributed by atoms with E-state index >= 15 is 0 Å². The summed E-state index contributed by atoms with van der Waals surface area (Å²) in [5, 5.41) is 6.97. The van der Waals surface area contributed by atoms with Crippen LogP contribution in [0.25, 0.3) is 0 Å². The van der Waals surface area contributed by atoms with E-state index in [-0.39, 0.29) is 12.1 Å². The summed E-state index contributed by atoms with van der Waals surface area (Å²) in [5.74, 6) is 0. The summed E-state index contributed by atoms with van der Waals surface area (Å²) in [4.78, 5) is 13.7. The molecule has 0 aromatic carbocycles. The molecule has 1 aromatic rings. The molecule has 102 valence electrons. The van der Waals surface area contributed by atoms with Gasteiger partial charge in [0.1, 0.15) is 0 Å². The molecule has 0 aliphatic heterocycles. The smallest absolute Gasteiger partial charge is 0.322 e. The standard InChI is InChI=1S/C12H22N4O2/c1-5-16(10(2)3)12(17)14-11-8-13-15(9-11)6-7-18-4/h8-10H,5-7H2,1-4H3,(H,14,17). The molecule has 0 atom stereocenters. The van der Waals surface area contributed by atoms with Crippen LogP contribution in [0.4, 0.5) is 10.5 Å². The first-order valence-corrected chi connectivity index (χ1v) is 6.17. The third kappa shape index (κ3) is 4.03. The molecule has 1 heterocycles. The lowest BCUT2D eigenvalue weighted by atomic mass is 10.3. The van der Waals surface area contributed by atoms with Gasteiger partial charge in [-0.2, -0.15) is 5.10 Å².